The molecule has 20 heavy (non-hydrogen) atoms. The summed E-state index contributed by atoms with van der Waals surface area (Å²) in [5, 5.41) is 0. The number of hydrogen-bond acceptors (Lipinski definition) is 3. The minimum atomic E-state index is 0.798. The number of rotatable bonds is 3. The third-order valence-corrected chi connectivity index (χ3v) is 4.30. The number of imidazole rings is 1. The molecule has 0 unspecified atom stereocenters. The van der Waals surface area contributed by atoms with Crippen molar-refractivity contribution in [3.63, 3.8) is 0 Å². The highest BCUT2D eigenvalue weighted by atomic mass is 15.1. The Morgan fingerprint density at radius 1 is 1.10 bits per heavy atom. The van der Waals surface area contributed by atoms with Crippen molar-refractivity contribution in [3.05, 3.63) is 18.0 Å². The van der Waals surface area contributed by atoms with Crippen LogP contribution in [0.25, 0.3) is 11.2 Å². The molecule has 1 N–H and O–H groups in total. The smallest absolute Gasteiger partial charge is 0.179 e. The first-order valence-electron chi connectivity index (χ1n) is 7.75. The van der Waals surface area contributed by atoms with Crippen molar-refractivity contribution in [1.82, 2.24) is 15.0 Å². The second-order valence-electron chi connectivity index (χ2n) is 6.18. The van der Waals surface area contributed by atoms with Crippen molar-refractivity contribution in [2.45, 2.75) is 44.9 Å². The van der Waals surface area contributed by atoms with Crippen LogP contribution in [0.5, 0.6) is 0 Å². The third-order valence-electron chi connectivity index (χ3n) is 4.30. The molecule has 3 rings (SSSR count). The lowest BCUT2D eigenvalue weighted by atomic mass is 9.96. The van der Waals surface area contributed by atoms with Crippen molar-refractivity contribution in [2.75, 3.05) is 19.0 Å². The van der Waals surface area contributed by atoms with E-state index in [1.807, 2.05) is 25.1 Å². The van der Waals surface area contributed by atoms with Crippen LogP contribution >= 0.6 is 0 Å². The van der Waals surface area contributed by atoms with E-state index in [0.717, 1.165) is 35.1 Å². The van der Waals surface area contributed by atoms with Gasteiger partial charge in [0.05, 0.1) is 5.52 Å². The van der Waals surface area contributed by atoms with E-state index in [1.54, 1.807) is 0 Å². The second kappa shape index (κ2) is 5.81. The van der Waals surface area contributed by atoms with E-state index >= 15 is 0 Å². The maximum absolute atomic E-state index is 4.69. The van der Waals surface area contributed by atoms with Crippen LogP contribution in [0.3, 0.4) is 0 Å². The fourth-order valence-electron chi connectivity index (χ4n) is 3.12. The summed E-state index contributed by atoms with van der Waals surface area (Å²) in [5.41, 5.74) is 1.90. The fraction of sp³-hybridized carbons (Fsp3) is 0.625. The standard InChI is InChI=1S/C16H24N4/c1-20(2)15-10-9-13-16(19-15)18-14(17-13)11-12-7-5-3-4-6-8-12/h9-10,12H,3-8,11H2,1-2H3,(H,17,18,19). The molecule has 2 aromatic rings. The van der Waals surface area contributed by atoms with Gasteiger partial charge in [-0.15, -0.1) is 0 Å². The molecule has 4 nitrogen and oxygen atoms in total. The number of aromatic nitrogens is 3. The zero-order chi connectivity index (χ0) is 13.9. The quantitative estimate of drug-likeness (QED) is 0.869. The van der Waals surface area contributed by atoms with Gasteiger partial charge in [-0.3, -0.25) is 0 Å². The summed E-state index contributed by atoms with van der Waals surface area (Å²) in [6, 6.07) is 4.12. The number of nitrogens with one attached hydrogen (secondary N) is 1. The summed E-state index contributed by atoms with van der Waals surface area (Å²) < 4.78 is 0. The molecule has 2 aromatic heterocycles. The number of anilines is 1. The number of fused-ring (bicyclic) bond motifs is 1. The maximum Gasteiger partial charge on any atom is 0.179 e. The van der Waals surface area contributed by atoms with Gasteiger partial charge in [0.1, 0.15) is 11.6 Å². The van der Waals surface area contributed by atoms with Crippen molar-refractivity contribution in [3.8, 4) is 0 Å². The molecule has 1 fully saturated rings. The summed E-state index contributed by atoms with van der Waals surface area (Å²) in [7, 11) is 4.01. The van der Waals surface area contributed by atoms with Crippen LogP contribution in [0.2, 0.25) is 0 Å². The lowest BCUT2D eigenvalue weighted by Crippen LogP contribution is -2.10. The minimum absolute atomic E-state index is 0.798. The maximum atomic E-state index is 4.69. The Kier molecular flexibility index (Phi) is 3.90. The van der Waals surface area contributed by atoms with Crippen LogP contribution < -0.4 is 4.90 Å². The molecule has 0 radical (unpaired) electrons. The summed E-state index contributed by atoms with van der Waals surface area (Å²) in [4.78, 5) is 14.7. The SMILES string of the molecule is CN(C)c1ccc2[nH]c(CC3CCCCCC3)nc2n1. The van der Waals surface area contributed by atoms with E-state index in [2.05, 4.69) is 21.0 Å². The molecule has 0 aromatic carbocycles. The van der Waals surface area contributed by atoms with Crippen LogP contribution in [0.1, 0.15) is 44.3 Å². The van der Waals surface area contributed by atoms with Gasteiger partial charge in [-0.2, -0.15) is 0 Å². The Hall–Kier alpha value is -1.58. The van der Waals surface area contributed by atoms with Crippen LogP contribution in [0.15, 0.2) is 12.1 Å². The number of aromatic amines is 1. The molecule has 0 saturated heterocycles. The molecular formula is C16H24N4. The van der Waals surface area contributed by atoms with Gasteiger partial charge in [-0.1, -0.05) is 38.5 Å². The highest BCUT2D eigenvalue weighted by Crippen LogP contribution is 2.26. The number of H-pyrrole nitrogens is 1. The first kappa shape index (κ1) is 13.4. The van der Waals surface area contributed by atoms with Crippen LogP contribution in [-0.4, -0.2) is 29.0 Å². The van der Waals surface area contributed by atoms with Crippen molar-refractivity contribution in [1.29, 1.82) is 0 Å². The fourth-order valence-corrected chi connectivity index (χ4v) is 3.12. The number of hydrogen-bond donors (Lipinski definition) is 1. The summed E-state index contributed by atoms with van der Waals surface area (Å²) in [5.74, 6) is 2.87. The zero-order valence-corrected chi connectivity index (χ0v) is 12.5. The van der Waals surface area contributed by atoms with Crippen molar-refractivity contribution >= 4 is 17.0 Å². The van der Waals surface area contributed by atoms with E-state index in [-0.39, 0.29) is 0 Å². The molecule has 0 atom stereocenters. The Bertz CT molecular complexity index is 565. The first-order chi connectivity index (χ1) is 9.72. The number of pyridine rings is 1. The predicted molar refractivity (Wildman–Crippen MR) is 83.1 cm³/mol. The van der Waals surface area contributed by atoms with E-state index < -0.39 is 0 Å². The third kappa shape index (κ3) is 2.94. The molecule has 1 aliphatic carbocycles. The molecule has 0 amide bonds. The van der Waals surface area contributed by atoms with Gasteiger partial charge >= 0.3 is 0 Å². The average molecular weight is 272 g/mol. The van der Waals surface area contributed by atoms with E-state index in [9.17, 15) is 0 Å². The molecule has 2 heterocycles. The van der Waals surface area contributed by atoms with Gasteiger partial charge in [-0.25, -0.2) is 9.97 Å². The van der Waals surface area contributed by atoms with Gasteiger partial charge in [0.15, 0.2) is 5.65 Å². The van der Waals surface area contributed by atoms with Gasteiger partial charge in [0.2, 0.25) is 0 Å². The van der Waals surface area contributed by atoms with Gasteiger partial charge in [-0.05, 0) is 18.1 Å². The topological polar surface area (TPSA) is 44.8 Å². The summed E-state index contributed by atoms with van der Waals surface area (Å²) in [6.07, 6.45) is 9.37. The van der Waals surface area contributed by atoms with Crippen LogP contribution in [0.4, 0.5) is 5.82 Å². The Labute approximate surface area is 120 Å². The second-order valence-corrected chi connectivity index (χ2v) is 6.18. The van der Waals surface area contributed by atoms with E-state index in [0.29, 0.717) is 0 Å². The molecule has 0 spiro atoms. The molecule has 1 saturated carbocycles. The average Bonchev–Trinajstić information content (AvgIpc) is 2.64. The zero-order valence-electron chi connectivity index (χ0n) is 12.5. The molecule has 108 valence electrons. The van der Waals surface area contributed by atoms with Gasteiger partial charge < -0.3 is 9.88 Å². The molecule has 1 aliphatic rings. The monoisotopic (exact) mass is 272 g/mol. The van der Waals surface area contributed by atoms with Gasteiger partial charge in [0.25, 0.3) is 0 Å². The Balaban J connectivity index is 1.78. The van der Waals surface area contributed by atoms with Crippen molar-refractivity contribution in [2.24, 2.45) is 5.92 Å². The molecule has 0 bridgehead atoms. The Morgan fingerprint density at radius 2 is 1.85 bits per heavy atom. The highest BCUT2D eigenvalue weighted by Gasteiger charge is 2.15. The van der Waals surface area contributed by atoms with Gasteiger partial charge in [0, 0.05) is 20.5 Å². The largest absolute Gasteiger partial charge is 0.363 e. The van der Waals surface area contributed by atoms with E-state index in [4.69, 9.17) is 0 Å². The Morgan fingerprint density at radius 3 is 2.55 bits per heavy atom. The number of nitrogens with zero attached hydrogens (tertiary/aromatic N) is 3. The molecule has 0 aliphatic heterocycles. The van der Waals surface area contributed by atoms with E-state index in [1.165, 1.54) is 38.5 Å². The normalized spacial score (nSPS) is 17.3. The molecule has 4 heteroatoms. The summed E-state index contributed by atoms with van der Waals surface area (Å²) in [6.45, 7) is 0. The highest BCUT2D eigenvalue weighted by molar-refractivity contribution is 5.73. The van der Waals surface area contributed by atoms with Crippen LogP contribution in [-0.2, 0) is 6.42 Å². The predicted octanol–water partition coefficient (Wildman–Crippen LogP) is 3.54. The lowest BCUT2D eigenvalue weighted by Gasteiger charge is -2.11. The molecular weight excluding hydrogens is 248 g/mol. The lowest BCUT2D eigenvalue weighted by molar-refractivity contribution is 0.450. The first-order valence-corrected chi connectivity index (χ1v) is 7.75. The van der Waals surface area contributed by atoms with Crippen LogP contribution in [0, 0.1) is 5.92 Å². The van der Waals surface area contributed by atoms with Crippen molar-refractivity contribution < 1.29 is 0 Å². The minimum Gasteiger partial charge on any atom is -0.363 e. The summed E-state index contributed by atoms with van der Waals surface area (Å²) >= 11 is 0.